The van der Waals surface area contributed by atoms with Crippen LogP contribution in [0.15, 0.2) is 34.4 Å². The second-order valence-electron chi connectivity index (χ2n) is 1.67. The molecule has 2 nitrogen and oxygen atoms in total. The van der Waals surface area contributed by atoms with Gasteiger partial charge in [0.05, 0.1) is 11.2 Å². The molecule has 0 saturated carbocycles. The van der Waals surface area contributed by atoms with Crippen molar-refractivity contribution >= 4 is 22.4 Å². The van der Waals surface area contributed by atoms with E-state index in [2.05, 4.69) is 16.6 Å². The lowest BCUT2D eigenvalue weighted by Gasteiger charge is -1.90. The molecule has 0 bridgehead atoms. The molecule has 1 heterocycles. The first-order valence-corrected chi connectivity index (χ1v) is 4.75. The molecule has 0 unspecified atom stereocenters. The van der Waals surface area contributed by atoms with E-state index in [0.29, 0.717) is 0 Å². The van der Waals surface area contributed by atoms with Crippen molar-refractivity contribution in [2.75, 3.05) is 7.05 Å². The summed E-state index contributed by atoms with van der Waals surface area (Å²) in [5.41, 5.74) is 2.68. The van der Waals surface area contributed by atoms with Crippen LogP contribution in [0.25, 0.3) is 0 Å². The van der Waals surface area contributed by atoms with E-state index in [1.54, 1.807) is 18.7 Å². The summed E-state index contributed by atoms with van der Waals surface area (Å²) < 4.78 is 0. The molecule has 0 amide bonds. The quantitative estimate of drug-likeness (QED) is 0.612. The van der Waals surface area contributed by atoms with Gasteiger partial charge in [-0.25, -0.2) is 4.99 Å². The van der Waals surface area contributed by atoms with Crippen molar-refractivity contribution in [1.29, 1.82) is 0 Å². The summed E-state index contributed by atoms with van der Waals surface area (Å²) in [4.78, 5) is 8.10. The van der Waals surface area contributed by atoms with Gasteiger partial charge < -0.3 is 0 Å². The predicted molar refractivity (Wildman–Crippen MR) is 59.1 cm³/mol. The van der Waals surface area contributed by atoms with Crippen LogP contribution in [-0.4, -0.2) is 17.6 Å². The van der Waals surface area contributed by atoms with Crippen LogP contribution in [0.4, 0.5) is 0 Å². The number of hydrogen-bond acceptors (Lipinski definition) is 3. The molecular weight excluding hydrogens is 168 g/mol. The third-order valence-electron chi connectivity index (χ3n) is 1.05. The molecule has 0 fully saturated rings. The van der Waals surface area contributed by atoms with Crippen LogP contribution >= 0.6 is 11.8 Å². The van der Waals surface area contributed by atoms with E-state index in [0.717, 1.165) is 10.7 Å². The van der Waals surface area contributed by atoms with Crippen molar-refractivity contribution in [1.82, 2.24) is 0 Å². The summed E-state index contributed by atoms with van der Waals surface area (Å²) in [7, 11) is 1.76. The van der Waals surface area contributed by atoms with E-state index in [4.69, 9.17) is 0 Å². The number of hydrogen-bond donors (Lipinski definition) is 0. The van der Waals surface area contributed by atoms with Crippen molar-refractivity contribution in [3.05, 3.63) is 24.4 Å². The minimum atomic E-state index is 0.905. The molecule has 0 radical (unpaired) electrons. The maximum atomic E-state index is 4.07. The maximum absolute atomic E-state index is 4.07. The fraction of sp³-hybridized carbons (Fsp3) is 0.333. The van der Waals surface area contributed by atoms with E-state index in [1.165, 1.54) is 11.8 Å². The van der Waals surface area contributed by atoms with E-state index in [9.17, 15) is 0 Å². The molecule has 1 rings (SSSR count). The first kappa shape index (κ1) is 11.2. The largest absolute Gasteiger partial charge is 0.279 e. The van der Waals surface area contributed by atoms with Crippen LogP contribution in [0.1, 0.15) is 13.8 Å². The third-order valence-corrected chi connectivity index (χ3v) is 1.88. The molecule has 0 aromatic carbocycles. The molecular formula is C9H14N2S. The third kappa shape index (κ3) is 3.05. The lowest BCUT2D eigenvalue weighted by Crippen LogP contribution is -1.87. The van der Waals surface area contributed by atoms with Crippen LogP contribution in [0.2, 0.25) is 0 Å². The van der Waals surface area contributed by atoms with Crippen LogP contribution in [0.5, 0.6) is 0 Å². The first-order chi connectivity index (χ1) is 5.88. The molecule has 0 aromatic rings. The highest BCUT2D eigenvalue weighted by atomic mass is 32.2. The summed E-state index contributed by atoms with van der Waals surface area (Å²) in [5, 5.41) is 0.958. The highest BCUT2D eigenvalue weighted by Gasteiger charge is 2.08. The van der Waals surface area contributed by atoms with E-state index in [1.807, 2.05) is 19.9 Å². The van der Waals surface area contributed by atoms with Crippen molar-refractivity contribution in [2.24, 2.45) is 9.98 Å². The van der Waals surface area contributed by atoms with Crippen molar-refractivity contribution in [3.63, 3.8) is 0 Å². The zero-order valence-electron chi connectivity index (χ0n) is 7.74. The number of aliphatic imine (C=N–C) groups is 2. The van der Waals surface area contributed by atoms with Crippen molar-refractivity contribution < 1.29 is 0 Å². The van der Waals surface area contributed by atoms with Gasteiger partial charge in [0.25, 0.3) is 0 Å². The van der Waals surface area contributed by atoms with Gasteiger partial charge in [0.2, 0.25) is 0 Å². The summed E-state index contributed by atoms with van der Waals surface area (Å²) in [5.74, 6) is 0. The van der Waals surface area contributed by atoms with Gasteiger partial charge in [0, 0.05) is 7.05 Å². The molecule has 0 atom stereocenters. The topological polar surface area (TPSA) is 24.7 Å². The Labute approximate surface area is 78.2 Å². The Kier molecular flexibility index (Phi) is 6.38. The lowest BCUT2D eigenvalue weighted by molar-refractivity contribution is 1.42. The number of rotatable bonds is 1. The molecule has 0 N–H and O–H groups in total. The Morgan fingerprint density at radius 1 is 1.58 bits per heavy atom. The average molecular weight is 182 g/mol. The fourth-order valence-electron chi connectivity index (χ4n) is 0.642. The Balaban J connectivity index is 0.000000561. The van der Waals surface area contributed by atoms with Gasteiger partial charge in [0.1, 0.15) is 5.04 Å². The molecule has 1 aliphatic rings. The van der Waals surface area contributed by atoms with Gasteiger partial charge in [-0.3, -0.25) is 4.99 Å². The fourth-order valence-corrected chi connectivity index (χ4v) is 1.25. The number of thioether (sulfide) groups is 1. The normalized spacial score (nSPS) is 20.9. The van der Waals surface area contributed by atoms with Crippen molar-refractivity contribution in [2.45, 2.75) is 13.8 Å². The molecule has 66 valence electrons. The molecule has 0 saturated heterocycles. The molecule has 1 aliphatic heterocycles. The standard InChI is InChI=1S/C7H8N2S.C2H6/c1-3-4-6-7(8-2)10-5-9-6;1-2/h3-5H,1H2,2H3;1-2H3/b6-4+,8-7?;. The minimum absolute atomic E-state index is 0.905. The Morgan fingerprint density at radius 2 is 2.25 bits per heavy atom. The Hall–Kier alpha value is -0.830. The molecule has 0 spiro atoms. The van der Waals surface area contributed by atoms with Crippen LogP contribution in [-0.2, 0) is 0 Å². The van der Waals surface area contributed by atoms with Crippen LogP contribution in [0, 0.1) is 0 Å². The minimum Gasteiger partial charge on any atom is -0.279 e. The van der Waals surface area contributed by atoms with Gasteiger partial charge in [-0.1, -0.05) is 38.3 Å². The summed E-state index contributed by atoms with van der Waals surface area (Å²) in [6.45, 7) is 7.58. The molecule has 0 aromatic heterocycles. The second kappa shape index (κ2) is 6.85. The average Bonchev–Trinajstić information content (AvgIpc) is 2.56. The van der Waals surface area contributed by atoms with Crippen LogP contribution < -0.4 is 0 Å². The zero-order valence-corrected chi connectivity index (χ0v) is 8.56. The second-order valence-corrected chi connectivity index (χ2v) is 2.50. The number of allylic oxidation sites excluding steroid dienone is 2. The summed E-state index contributed by atoms with van der Waals surface area (Å²) in [6.07, 6.45) is 3.56. The lowest BCUT2D eigenvalue weighted by atomic mass is 10.4. The Morgan fingerprint density at radius 3 is 2.75 bits per heavy atom. The van der Waals surface area contributed by atoms with Gasteiger partial charge in [-0.05, 0) is 6.08 Å². The monoisotopic (exact) mass is 182 g/mol. The van der Waals surface area contributed by atoms with Crippen molar-refractivity contribution in [3.8, 4) is 0 Å². The molecule has 12 heavy (non-hydrogen) atoms. The maximum Gasteiger partial charge on any atom is 0.122 e. The smallest absolute Gasteiger partial charge is 0.122 e. The zero-order chi connectivity index (χ0) is 9.40. The molecule has 3 heteroatoms. The first-order valence-electron chi connectivity index (χ1n) is 3.87. The summed E-state index contributed by atoms with van der Waals surface area (Å²) in [6, 6.07) is 0. The number of nitrogens with zero attached hydrogens (tertiary/aromatic N) is 2. The van der Waals surface area contributed by atoms with Crippen LogP contribution in [0.3, 0.4) is 0 Å². The van der Waals surface area contributed by atoms with Gasteiger partial charge in [-0.2, -0.15) is 0 Å². The van der Waals surface area contributed by atoms with E-state index in [-0.39, 0.29) is 0 Å². The van der Waals surface area contributed by atoms with Gasteiger partial charge in [0.15, 0.2) is 0 Å². The van der Waals surface area contributed by atoms with Gasteiger partial charge in [-0.15, -0.1) is 0 Å². The highest BCUT2D eigenvalue weighted by Crippen LogP contribution is 2.18. The Bertz CT molecular complexity index is 227. The van der Waals surface area contributed by atoms with E-state index < -0.39 is 0 Å². The van der Waals surface area contributed by atoms with Gasteiger partial charge >= 0.3 is 0 Å². The van der Waals surface area contributed by atoms with E-state index >= 15 is 0 Å². The SMILES string of the molecule is C=C/C=C1/N=CSC1=NC.CC. The summed E-state index contributed by atoms with van der Waals surface area (Å²) >= 11 is 1.53. The predicted octanol–water partition coefficient (Wildman–Crippen LogP) is 2.89. The molecule has 0 aliphatic carbocycles. The highest BCUT2D eigenvalue weighted by molar-refractivity contribution is 8.25.